The maximum Gasteiger partial charge on any atom is 0.137 e. The third-order valence-electron chi connectivity index (χ3n) is 3.06. The van der Waals surface area contributed by atoms with Crippen LogP contribution in [0.5, 0.6) is 5.75 Å². The highest BCUT2D eigenvalue weighted by Gasteiger charge is 2.13. The minimum atomic E-state index is -0.130. The second kappa shape index (κ2) is 6.17. The van der Waals surface area contributed by atoms with Crippen molar-refractivity contribution >= 4 is 11.3 Å². The molecule has 0 spiro atoms. The van der Waals surface area contributed by atoms with Crippen LogP contribution in [-0.2, 0) is 0 Å². The minimum Gasteiger partial charge on any atom is -0.492 e. The highest BCUT2D eigenvalue weighted by atomic mass is 32.1. The van der Waals surface area contributed by atoms with Crippen molar-refractivity contribution in [2.75, 3.05) is 6.61 Å². The summed E-state index contributed by atoms with van der Waals surface area (Å²) in [7, 11) is 0. The summed E-state index contributed by atoms with van der Waals surface area (Å²) in [6, 6.07) is 4.01. The Balaban J connectivity index is 2.20. The molecule has 2 N–H and O–H groups in total. The molecule has 0 saturated carbocycles. The van der Waals surface area contributed by atoms with Crippen molar-refractivity contribution in [2.45, 2.75) is 33.2 Å². The molecule has 0 aliphatic heterocycles. The number of thiophene rings is 1. The Bertz CT molecular complexity index is 531. The molecule has 0 fully saturated rings. The lowest BCUT2D eigenvalue weighted by Gasteiger charge is -2.11. The van der Waals surface area contributed by atoms with Crippen LogP contribution in [0.1, 0.15) is 40.3 Å². The van der Waals surface area contributed by atoms with Crippen LogP contribution in [0.2, 0.25) is 0 Å². The molecule has 2 aromatic rings. The van der Waals surface area contributed by atoms with Gasteiger partial charge >= 0.3 is 0 Å². The summed E-state index contributed by atoms with van der Waals surface area (Å²) >= 11 is 1.75. The average molecular weight is 276 g/mol. The predicted octanol–water partition coefficient (Wildman–Crippen LogP) is 3.60. The molecule has 2 aromatic heterocycles. The predicted molar refractivity (Wildman–Crippen MR) is 79.8 cm³/mol. The molecule has 102 valence electrons. The number of aromatic nitrogens is 1. The van der Waals surface area contributed by atoms with E-state index in [9.17, 15) is 0 Å². The molecule has 0 aliphatic rings. The van der Waals surface area contributed by atoms with E-state index >= 15 is 0 Å². The summed E-state index contributed by atoms with van der Waals surface area (Å²) in [5.41, 5.74) is 8.60. The fourth-order valence-electron chi connectivity index (χ4n) is 1.82. The first-order valence-electron chi connectivity index (χ1n) is 6.52. The van der Waals surface area contributed by atoms with E-state index in [4.69, 9.17) is 10.5 Å². The molecule has 19 heavy (non-hydrogen) atoms. The van der Waals surface area contributed by atoms with Gasteiger partial charge in [-0.2, -0.15) is 0 Å². The van der Waals surface area contributed by atoms with Crippen LogP contribution >= 0.6 is 11.3 Å². The van der Waals surface area contributed by atoms with E-state index in [0.29, 0.717) is 6.61 Å². The molecular weight excluding hydrogens is 256 g/mol. The molecular formula is C15H20N2OS. The van der Waals surface area contributed by atoms with Gasteiger partial charge in [0.15, 0.2) is 0 Å². The summed E-state index contributed by atoms with van der Waals surface area (Å²) in [5, 5.41) is 0. The van der Waals surface area contributed by atoms with Gasteiger partial charge in [-0.3, -0.25) is 4.98 Å². The monoisotopic (exact) mass is 276 g/mol. The van der Waals surface area contributed by atoms with Crippen LogP contribution in [-0.4, -0.2) is 11.6 Å². The van der Waals surface area contributed by atoms with Crippen molar-refractivity contribution in [3.05, 3.63) is 45.4 Å². The summed E-state index contributed by atoms with van der Waals surface area (Å²) in [6.07, 6.45) is 4.53. The SMILES string of the molecule is CCCOc1cncc(C(N)c2cc(C)c(C)s2)c1. The van der Waals surface area contributed by atoms with Crippen molar-refractivity contribution in [1.29, 1.82) is 0 Å². The van der Waals surface area contributed by atoms with E-state index in [0.717, 1.165) is 17.7 Å². The van der Waals surface area contributed by atoms with Crippen LogP contribution in [0.4, 0.5) is 0 Å². The summed E-state index contributed by atoms with van der Waals surface area (Å²) in [6.45, 7) is 7.02. The molecule has 4 heteroatoms. The van der Waals surface area contributed by atoms with Crippen LogP contribution in [0.25, 0.3) is 0 Å². The molecule has 0 amide bonds. The lowest BCUT2D eigenvalue weighted by molar-refractivity contribution is 0.315. The van der Waals surface area contributed by atoms with Crippen molar-refractivity contribution < 1.29 is 4.74 Å². The quantitative estimate of drug-likeness (QED) is 0.907. The Morgan fingerprint density at radius 2 is 2.11 bits per heavy atom. The molecule has 0 bridgehead atoms. The minimum absolute atomic E-state index is 0.130. The summed E-state index contributed by atoms with van der Waals surface area (Å²) in [5.74, 6) is 0.791. The number of nitrogens with zero attached hydrogens (tertiary/aromatic N) is 1. The fraction of sp³-hybridized carbons (Fsp3) is 0.400. The summed E-state index contributed by atoms with van der Waals surface area (Å²) in [4.78, 5) is 6.70. The van der Waals surface area contributed by atoms with Gasteiger partial charge in [0.1, 0.15) is 5.75 Å². The van der Waals surface area contributed by atoms with E-state index in [2.05, 4.69) is 31.8 Å². The topological polar surface area (TPSA) is 48.1 Å². The zero-order chi connectivity index (χ0) is 13.8. The van der Waals surface area contributed by atoms with Gasteiger partial charge in [0.25, 0.3) is 0 Å². The van der Waals surface area contributed by atoms with E-state index < -0.39 is 0 Å². The Kier molecular flexibility index (Phi) is 4.56. The third-order valence-corrected chi connectivity index (χ3v) is 4.29. The van der Waals surface area contributed by atoms with Gasteiger partial charge in [-0.1, -0.05) is 6.92 Å². The number of hydrogen-bond donors (Lipinski definition) is 1. The van der Waals surface area contributed by atoms with Crippen molar-refractivity contribution in [2.24, 2.45) is 5.73 Å². The molecule has 3 nitrogen and oxygen atoms in total. The molecule has 1 atom stereocenters. The first-order valence-corrected chi connectivity index (χ1v) is 7.33. The Morgan fingerprint density at radius 3 is 2.74 bits per heavy atom. The number of pyridine rings is 1. The maximum atomic E-state index is 6.31. The van der Waals surface area contributed by atoms with Gasteiger partial charge in [-0.15, -0.1) is 11.3 Å². The first kappa shape index (κ1) is 14.0. The van der Waals surface area contributed by atoms with Crippen molar-refractivity contribution in [1.82, 2.24) is 4.98 Å². The highest BCUT2D eigenvalue weighted by Crippen LogP contribution is 2.30. The first-order chi connectivity index (χ1) is 9.11. The van der Waals surface area contributed by atoms with Gasteiger partial charge in [0.2, 0.25) is 0 Å². The molecule has 1 unspecified atom stereocenters. The van der Waals surface area contributed by atoms with E-state index in [1.54, 1.807) is 17.5 Å². The maximum absolute atomic E-state index is 6.31. The lowest BCUT2D eigenvalue weighted by atomic mass is 10.1. The number of ether oxygens (including phenoxy) is 1. The van der Waals surface area contributed by atoms with E-state index in [1.807, 2.05) is 12.3 Å². The second-order valence-electron chi connectivity index (χ2n) is 4.67. The number of aryl methyl sites for hydroxylation is 2. The fourth-order valence-corrected chi connectivity index (χ4v) is 2.90. The summed E-state index contributed by atoms with van der Waals surface area (Å²) < 4.78 is 5.60. The number of hydrogen-bond acceptors (Lipinski definition) is 4. The normalized spacial score (nSPS) is 12.4. The molecule has 2 heterocycles. The zero-order valence-electron chi connectivity index (χ0n) is 11.6. The van der Waals surface area contributed by atoms with Gasteiger partial charge < -0.3 is 10.5 Å². The molecule has 0 aliphatic carbocycles. The zero-order valence-corrected chi connectivity index (χ0v) is 12.5. The highest BCUT2D eigenvalue weighted by molar-refractivity contribution is 7.12. The molecule has 0 aromatic carbocycles. The largest absolute Gasteiger partial charge is 0.492 e. The Hall–Kier alpha value is -1.39. The average Bonchev–Trinajstić information content (AvgIpc) is 2.76. The van der Waals surface area contributed by atoms with Crippen molar-refractivity contribution in [3.8, 4) is 5.75 Å². The van der Waals surface area contributed by atoms with E-state index in [1.165, 1.54) is 15.3 Å². The van der Waals surface area contributed by atoms with Gasteiger partial charge in [-0.25, -0.2) is 0 Å². The molecule has 0 radical (unpaired) electrons. The standard InChI is InChI=1S/C15H20N2OS/c1-4-5-18-13-7-12(8-17-9-13)15(16)14-6-10(2)11(3)19-14/h6-9,15H,4-5,16H2,1-3H3. The number of nitrogens with two attached hydrogens (primary N) is 1. The van der Waals surface area contributed by atoms with Gasteiger partial charge in [0.05, 0.1) is 18.8 Å². The van der Waals surface area contributed by atoms with Crippen LogP contribution in [0.3, 0.4) is 0 Å². The molecule has 0 saturated heterocycles. The third kappa shape index (κ3) is 3.33. The Morgan fingerprint density at radius 1 is 1.32 bits per heavy atom. The smallest absolute Gasteiger partial charge is 0.137 e. The van der Waals surface area contributed by atoms with Gasteiger partial charge in [-0.05, 0) is 43.5 Å². The van der Waals surface area contributed by atoms with Crippen molar-refractivity contribution in [3.63, 3.8) is 0 Å². The van der Waals surface area contributed by atoms with Crippen LogP contribution in [0.15, 0.2) is 24.5 Å². The van der Waals surface area contributed by atoms with Gasteiger partial charge in [0, 0.05) is 16.0 Å². The second-order valence-corrected chi connectivity index (χ2v) is 5.96. The number of rotatable bonds is 5. The van der Waals surface area contributed by atoms with Crippen LogP contribution in [0, 0.1) is 13.8 Å². The molecule has 2 rings (SSSR count). The van der Waals surface area contributed by atoms with E-state index in [-0.39, 0.29) is 6.04 Å². The Labute approximate surface area is 118 Å². The lowest BCUT2D eigenvalue weighted by Crippen LogP contribution is -2.11. The van der Waals surface area contributed by atoms with Crippen LogP contribution < -0.4 is 10.5 Å².